The number of rotatable bonds is 3. The van der Waals surface area contributed by atoms with Gasteiger partial charge in [0, 0.05) is 25.6 Å². The van der Waals surface area contributed by atoms with E-state index in [1.165, 1.54) is 0 Å². The zero-order chi connectivity index (χ0) is 8.32. The average Bonchev–Trinajstić information content (AvgIpc) is 2.33. The van der Waals surface area contributed by atoms with Gasteiger partial charge in [0.05, 0.1) is 6.61 Å². The minimum absolute atomic E-state index is 0.430. The molecule has 1 rings (SSSR count). The van der Waals surface area contributed by atoms with Crippen LogP contribution in [-0.2, 0) is 4.74 Å². The third-order valence-electron chi connectivity index (χ3n) is 1.92. The molecule has 1 atom stereocenters. The smallest absolute Gasteiger partial charge is 0.102 e. The molecule has 3 nitrogen and oxygen atoms in total. The zero-order valence-electron chi connectivity index (χ0n) is 7.26. The summed E-state index contributed by atoms with van der Waals surface area (Å²) in [5.74, 6) is 0. The van der Waals surface area contributed by atoms with Gasteiger partial charge in [0.25, 0.3) is 0 Å². The van der Waals surface area contributed by atoms with Crippen LogP contribution < -0.4 is 5.32 Å². The fourth-order valence-electron chi connectivity index (χ4n) is 1.13. The van der Waals surface area contributed by atoms with Crippen LogP contribution in [0, 0.1) is 0 Å². The number of hydrogen-bond donors (Lipinski definition) is 2. The van der Waals surface area contributed by atoms with E-state index in [9.17, 15) is 5.11 Å². The minimum atomic E-state index is -0.607. The van der Waals surface area contributed by atoms with Gasteiger partial charge in [-0.25, -0.2) is 0 Å². The Morgan fingerprint density at radius 3 is 2.82 bits per heavy atom. The van der Waals surface area contributed by atoms with Crippen LogP contribution in [0.3, 0.4) is 0 Å². The van der Waals surface area contributed by atoms with Crippen molar-refractivity contribution in [2.75, 3.05) is 19.8 Å². The first-order valence-electron chi connectivity index (χ1n) is 4.16. The summed E-state index contributed by atoms with van der Waals surface area (Å²) in [6.45, 7) is 5.95. The second kappa shape index (κ2) is 3.52. The van der Waals surface area contributed by atoms with Crippen molar-refractivity contribution in [2.24, 2.45) is 0 Å². The fourth-order valence-corrected chi connectivity index (χ4v) is 1.13. The second-order valence-corrected chi connectivity index (χ2v) is 3.56. The van der Waals surface area contributed by atoms with E-state index >= 15 is 0 Å². The molecule has 0 saturated carbocycles. The van der Waals surface area contributed by atoms with Crippen molar-refractivity contribution in [3.8, 4) is 0 Å². The van der Waals surface area contributed by atoms with E-state index in [-0.39, 0.29) is 0 Å². The normalized spacial score (nSPS) is 31.6. The highest BCUT2D eigenvalue weighted by Crippen LogP contribution is 2.16. The first kappa shape index (κ1) is 8.97. The maximum absolute atomic E-state index is 9.75. The summed E-state index contributed by atoms with van der Waals surface area (Å²) in [6, 6.07) is 0.430. The molecule has 0 radical (unpaired) electrons. The Labute approximate surface area is 67.7 Å². The number of hydrogen-bond acceptors (Lipinski definition) is 3. The molecule has 2 N–H and O–H groups in total. The van der Waals surface area contributed by atoms with Crippen LogP contribution >= 0.6 is 0 Å². The Morgan fingerprint density at radius 1 is 1.64 bits per heavy atom. The van der Waals surface area contributed by atoms with Crippen LogP contribution in [0.15, 0.2) is 0 Å². The maximum atomic E-state index is 9.75. The molecule has 66 valence electrons. The van der Waals surface area contributed by atoms with Crippen molar-refractivity contribution < 1.29 is 9.84 Å². The van der Waals surface area contributed by atoms with E-state index in [2.05, 4.69) is 19.2 Å². The Balaban J connectivity index is 2.23. The molecular formula is C8H17NO2. The molecule has 0 bridgehead atoms. The number of nitrogens with one attached hydrogen (secondary N) is 1. The zero-order valence-corrected chi connectivity index (χ0v) is 7.26. The van der Waals surface area contributed by atoms with E-state index in [4.69, 9.17) is 4.74 Å². The monoisotopic (exact) mass is 159 g/mol. The lowest BCUT2D eigenvalue weighted by Crippen LogP contribution is -2.43. The quantitative estimate of drug-likeness (QED) is 0.615. The maximum Gasteiger partial charge on any atom is 0.102 e. The molecule has 1 aliphatic heterocycles. The van der Waals surface area contributed by atoms with Crippen LogP contribution in [0.2, 0.25) is 0 Å². The average molecular weight is 159 g/mol. The molecule has 1 aliphatic rings. The molecule has 1 heterocycles. The van der Waals surface area contributed by atoms with Gasteiger partial charge in [-0.2, -0.15) is 0 Å². The first-order valence-corrected chi connectivity index (χ1v) is 4.16. The van der Waals surface area contributed by atoms with Gasteiger partial charge in [0.15, 0.2) is 0 Å². The van der Waals surface area contributed by atoms with Crippen LogP contribution in [0.5, 0.6) is 0 Å². The predicted octanol–water partition coefficient (Wildman–Crippen LogP) is 0.136. The molecule has 0 aliphatic carbocycles. The fraction of sp³-hybridized carbons (Fsp3) is 1.00. The van der Waals surface area contributed by atoms with Crippen LogP contribution in [0.25, 0.3) is 0 Å². The third kappa shape index (κ3) is 2.77. The second-order valence-electron chi connectivity index (χ2n) is 3.56. The van der Waals surface area contributed by atoms with Gasteiger partial charge < -0.3 is 15.2 Å². The minimum Gasteiger partial charge on any atom is -0.386 e. The van der Waals surface area contributed by atoms with E-state index in [1.807, 2.05) is 0 Å². The molecular weight excluding hydrogens is 142 g/mol. The number of aliphatic hydroxyl groups is 1. The molecule has 0 aromatic rings. The van der Waals surface area contributed by atoms with Crippen LogP contribution in [0.4, 0.5) is 0 Å². The van der Waals surface area contributed by atoms with E-state index in [0.29, 0.717) is 25.8 Å². The van der Waals surface area contributed by atoms with Crippen molar-refractivity contribution in [2.45, 2.75) is 31.9 Å². The van der Waals surface area contributed by atoms with Crippen molar-refractivity contribution in [1.82, 2.24) is 5.32 Å². The lowest BCUT2D eigenvalue weighted by Gasteiger charge is -2.22. The van der Waals surface area contributed by atoms with Gasteiger partial charge in [-0.3, -0.25) is 0 Å². The SMILES string of the molecule is CC(C)NC[C@]1(O)CCOC1. The lowest BCUT2D eigenvalue weighted by atomic mass is 10.0. The molecule has 0 unspecified atom stereocenters. The molecule has 3 heteroatoms. The topological polar surface area (TPSA) is 41.5 Å². The van der Waals surface area contributed by atoms with Gasteiger partial charge in [0.1, 0.15) is 5.60 Å². The van der Waals surface area contributed by atoms with Crippen molar-refractivity contribution in [1.29, 1.82) is 0 Å². The van der Waals surface area contributed by atoms with Crippen LogP contribution in [0.1, 0.15) is 20.3 Å². The Hall–Kier alpha value is -0.120. The standard InChI is InChI=1S/C8H17NO2/c1-7(2)9-5-8(10)3-4-11-6-8/h7,9-10H,3-6H2,1-2H3/t8-/m1/s1. The van der Waals surface area contributed by atoms with Crippen molar-refractivity contribution in [3.05, 3.63) is 0 Å². The molecule has 0 aromatic heterocycles. The largest absolute Gasteiger partial charge is 0.386 e. The molecule has 0 spiro atoms. The summed E-state index contributed by atoms with van der Waals surface area (Å²) in [6.07, 6.45) is 0.757. The van der Waals surface area contributed by atoms with Gasteiger partial charge >= 0.3 is 0 Å². The Bertz CT molecular complexity index is 119. The van der Waals surface area contributed by atoms with E-state index < -0.39 is 5.60 Å². The Kier molecular flexibility index (Phi) is 2.87. The van der Waals surface area contributed by atoms with E-state index in [1.54, 1.807) is 0 Å². The molecule has 1 fully saturated rings. The summed E-state index contributed by atoms with van der Waals surface area (Å²) in [5.41, 5.74) is -0.607. The highest BCUT2D eigenvalue weighted by molar-refractivity contribution is 4.85. The summed E-state index contributed by atoms with van der Waals surface area (Å²) in [7, 11) is 0. The van der Waals surface area contributed by atoms with Gasteiger partial charge in [-0.15, -0.1) is 0 Å². The third-order valence-corrected chi connectivity index (χ3v) is 1.92. The van der Waals surface area contributed by atoms with Gasteiger partial charge in [0.2, 0.25) is 0 Å². The molecule has 0 amide bonds. The highest BCUT2D eigenvalue weighted by atomic mass is 16.5. The molecule has 1 saturated heterocycles. The molecule has 0 aromatic carbocycles. The summed E-state index contributed by atoms with van der Waals surface area (Å²) in [5, 5.41) is 13.0. The van der Waals surface area contributed by atoms with Gasteiger partial charge in [-0.05, 0) is 0 Å². The predicted molar refractivity (Wildman–Crippen MR) is 43.5 cm³/mol. The molecule has 11 heavy (non-hydrogen) atoms. The summed E-state index contributed by atoms with van der Waals surface area (Å²) >= 11 is 0. The van der Waals surface area contributed by atoms with Crippen LogP contribution in [-0.4, -0.2) is 36.5 Å². The van der Waals surface area contributed by atoms with Crippen molar-refractivity contribution >= 4 is 0 Å². The first-order chi connectivity index (χ1) is 5.12. The van der Waals surface area contributed by atoms with E-state index in [0.717, 1.165) is 6.42 Å². The Morgan fingerprint density at radius 2 is 2.36 bits per heavy atom. The summed E-state index contributed by atoms with van der Waals surface area (Å²) in [4.78, 5) is 0. The van der Waals surface area contributed by atoms with Gasteiger partial charge in [-0.1, -0.05) is 13.8 Å². The summed E-state index contributed by atoms with van der Waals surface area (Å²) < 4.78 is 5.10. The highest BCUT2D eigenvalue weighted by Gasteiger charge is 2.31. The number of ether oxygens (including phenoxy) is 1. The lowest BCUT2D eigenvalue weighted by molar-refractivity contribution is 0.0256. The van der Waals surface area contributed by atoms with Crippen molar-refractivity contribution in [3.63, 3.8) is 0 Å².